The lowest BCUT2D eigenvalue weighted by atomic mass is 10.0. The van der Waals surface area contributed by atoms with Crippen LogP contribution in [0, 0.1) is 0 Å². The molecule has 0 unspecified atom stereocenters. The number of benzene rings is 1. The average Bonchev–Trinajstić information content (AvgIpc) is 3.00. The fourth-order valence-electron chi connectivity index (χ4n) is 5.32. The minimum atomic E-state index is -0.115. The first kappa shape index (κ1) is 38.5. The molecule has 0 fully saturated rings. The molecule has 246 valence electrons. The normalized spacial score (nSPS) is 10.9. The predicted molar refractivity (Wildman–Crippen MR) is 179 cm³/mol. The van der Waals surface area contributed by atoms with Crippen LogP contribution in [0.2, 0.25) is 0 Å². The third-order valence-corrected chi connectivity index (χ3v) is 8.06. The lowest BCUT2D eigenvalue weighted by molar-refractivity contribution is -0.129. The van der Waals surface area contributed by atoms with Gasteiger partial charge in [-0.2, -0.15) is 0 Å². The van der Waals surface area contributed by atoms with E-state index < -0.39 is 0 Å². The minimum Gasteiger partial charge on any atom is -0.508 e. The van der Waals surface area contributed by atoms with Gasteiger partial charge in [-0.15, -0.1) is 0 Å². The molecule has 7 nitrogen and oxygen atoms in total. The van der Waals surface area contributed by atoms with Crippen molar-refractivity contribution in [3.8, 4) is 5.75 Å². The van der Waals surface area contributed by atoms with Gasteiger partial charge in [-0.1, -0.05) is 135 Å². The Morgan fingerprint density at radius 3 is 1.12 bits per heavy atom. The third-order valence-electron chi connectivity index (χ3n) is 8.06. The Balaban J connectivity index is 1.80. The first-order chi connectivity index (χ1) is 21.0. The van der Waals surface area contributed by atoms with Crippen LogP contribution < -0.4 is 16.2 Å². The van der Waals surface area contributed by atoms with Crippen molar-refractivity contribution in [2.75, 3.05) is 5.32 Å². The molecule has 0 atom stereocenters. The Morgan fingerprint density at radius 2 is 0.767 bits per heavy atom. The molecule has 0 heterocycles. The summed E-state index contributed by atoms with van der Waals surface area (Å²) in [6.07, 6.45) is 29.2. The highest BCUT2D eigenvalue weighted by Gasteiger charge is 2.05. The second kappa shape index (κ2) is 28.2. The summed E-state index contributed by atoms with van der Waals surface area (Å²) in [5.41, 5.74) is 5.82. The SMILES string of the molecule is CCCCCCCCCCCCCCCCCC(=O)NNC(=O)CCCCCCCCCCC(=O)Nc1ccc(O)cc1. The number of carbonyl (C=O) groups excluding carboxylic acids is 3. The van der Waals surface area contributed by atoms with Crippen molar-refractivity contribution in [3.05, 3.63) is 24.3 Å². The zero-order chi connectivity index (χ0) is 31.2. The van der Waals surface area contributed by atoms with Crippen molar-refractivity contribution in [1.29, 1.82) is 0 Å². The van der Waals surface area contributed by atoms with Gasteiger partial charge in [0.2, 0.25) is 17.7 Å². The van der Waals surface area contributed by atoms with Crippen LogP contribution >= 0.6 is 0 Å². The quantitative estimate of drug-likeness (QED) is 0.0436. The first-order valence-corrected chi connectivity index (χ1v) is 17.7. The van der Waals surface area contributed by atoms with Crippen molar-refractivity contribution in [3.63, 3.8) is 0 Å². The van der Waals surface area contributed by atoms with E-state index in [1.807, 2.05) is 0 Å². The van der Waals surface area contributed by atoms with Gasteiger partial charge in [-0.05, 0) is 43.5 Å². The van der Waals surface area contributed by atoms with E-state index in [1.165, 1.54) is 83.5 Å². The topological polar surface area (TPSA) is 108 Å². The van der Waals surface area contributed by atoms with Gasteiger partial charge in [0, 0.05) is 24.9 Å². The van der Waals surface area contributed by atoms with Gasteiger partial charge >= 0.3 is 0 Å². The molecule has 0 bridgehead atoms. The van der Waals surface area contributed by atoms with E-state index in [1.54, 1.807) is 24.3 Å². The van der Waals surface area contributed by atoms with Crippen LogP contribution in [0.15, 0.2) is 24.3 Å². The molecule has 0 radical (unpaired) electrons. The number of anilines is 1. The standard InChI is InChI=1S/C36H63N3O4/c1-2-3-4-5-6-7-8-9-10-11-12-13-17-20-23-26-35(42)38-39-36(43)27-24-21-18-15-14-16-19-22-25-34(41)37-32-28-30-33(40)31-29-32/h28-31,40H,2-27H2,1H3,(H,37,41)(H,38,42)(H,39,43). The molecule has 0 aliphatic heterocycles. The number of aromatic hydroxyl groups is 1. The van der Waals surface area contributed by atoms with Gasteiger partial charge in [-0.25, -0.2) is 0 Å². The number of hydrogen-bond acceptors (Lipinski definition) is 4. The molecule has 0 aliphatic rings. The maximum absolute atomic E-state index is 12.0. The highest BCUT2D eigenvalue weighted by Crippen LogP contribution is 2.16. The highest BCUT2D eigenvalue weighted by atomic mass is 16.3. The number of hydrogen-bond donors (Lipinski definition) is 4. The fourth-order valence-corrected chi connectivity index (χ4v) is 5.32. The van der Waals surface area contributed by atoms with Gasteiger partial charge < -0.3 is 10.4 Å². The summed E-state index contributed by atoms with van der Waals surface area (Å²) >= 11 is 0. The molecule has 0 aromatic heterocycles. The van der Waals surface area contributed by atoms with Crippen LogP contribution in [0.3, 0.4) is 0 Å². The van der Waals surface area contributed by atoms with E-state index in [4.69, 9.17) is 0 Å². The van der Waals surface area contributed by atoms with Crippen molar-refractivity contribution in [2.24, 2.45) is 0 Å². The smallest absolute Gasteiger partial charge is 0.238 e. The average molecular weight is 602 g/mol. The summed E-state index contributed by atoms with van der Waals surface area (Å²) in [5.74, 6) is -0.0212. The number of amides is 3. The molecule has 4 N–H and O–H groups in total. The second-order valence-corrected chi connectivity index (χ2v) is 12.2. The van der Waals surface area contributed by atoms with Crippen LogP contribution in [-0.2, 0) is 14.4 Å². The van der Waals surface area contributed by atoms with Crippen molar-refractivity contribution < 1.29 is 19.5 Å². The Labute approximate surface area is 262 Å². The van der Waals surface area contributed by atoms with Crippen molar-refractivity contribution >= 4 is 23.4 Å². The molecular formula is C36H63N3O4. The zero-order valence-corrected chi connectivity index (χ0v) is 27.4. The Hall–Kier alpha value is -2.57. The molecule has 0 spiro atoms. The van der Waals surface area contributed by atoms with Crippen LogP contribution in [0.4, 0.5) is 5.69 Å². The van der Waals surface area contributed by atoms with E-state index >= 15 is 0 Å². The Kier molecular flexibility index (Phi) is 25.2. The molecule has 0 saturated carbocycles. The number of rotatable bonds is 28. The van der Waals surface area contributed by atoms with Crippen LogP contribution in [0.1, 0.15) is 174 Å². The van der Waals surface area contributed by atoms with Crippen molar-refractivity contribution in [2.45, 2.75) is 174 Å². The molecule has 1 aromatic carbocycles. The number of carbonyl (C=O) groups is 3. The maximum Gasteiger partial charge on any atom is 0.238 e. The molecule has 1 rings (SSSR count). The second-order valence-electron chi connectivity index (χ2n) is 12.2. The molecular weight excluding hydrogens is 538 g/mol. The predicted octanol–water partition coefficient (Wildman–Crippen LogP) is 9.64. The van der Waals surface area contributed by atoms with Crippen LogP contribution in [-0.4, -0.2) is 22.8 Å². The highest BCUT2D eigenvalue weighted by molar-refractivity contribution is 5.90. The molecule has 43 heavy (non-hydrogen) atoms. The Bertz CT molecular complexity index is 828. The lowest BCUT2D eigenvalue weighted by Gasteiger charge is -2.08. The summed E-state index contributed by atoms with van der Waals surface area (Å²) in [6, 6.07) is 6.50. The molecule has 0 saturated heterocycles. The van der Waals surface area contributed by atoms with E-state index in [0.29, 0.717) is 24.9 Å². The van der Waals surface area contributed by atoms with Gasteiger partial charge in [0.05, 0.1) is 0 Å². The number of unbranched alkanes of at least 4 members (excludes halogenated alkanes) is 21. The summed E-state index contributed by atoms with van der Waals surface area (Å²) in [5, 5.41) is 12.1. The molecule has 0 aliphatic carbocycles. The first-order valence-electron chi connectivity index (χ1n) is 17.7. The van der Waals surface area contributed by atoms with Gasteiger partial charge in [-0.3, -0.25) is 25.2 Å². The number of nitrogens with one attached hydrogen (secondary N) is 3. The van der Waals surface area contributed by atoms with Gasteiger partial charge in [0.1, 0.15) is 5.75 Å². The number of hydrazine groups is 1. The third kappa shape index (κ3) is 25.6. The summed E-state index contributed by atoms with van der Waals surface area (Å²) in [7, 11) is 0. The zero-order valence-electron chi connectivity index (χ0n) is 27.4. The maximum atomic E-state index is 12.0. The fraction of sp³-hybridized carbons (Fsp3) is 0.750. The minimum absolute atomic E-state index is 0.00480. The summed E-state index contributed by atoms with van der Waals surface area (Å²) < 4.78 is 0. The summed E-state index contributed by atoms with van der Waals surface area (Å²) in [4.78, 5) is 35.9. The monoisotopic (exact) mass is 601 g/mol. The van der Waals surface area contributed by atoms with Gasteiger partial charge in [0.25, 0.3) is 0 Å². The van der Waals surface area contributed by atoms with E-state index in [9.17, 15) is 19.5 Å². The summed E-state index contributed by atoms with van der Waals surface area (Å²) in [6.45, 7) is 2.27. The van der Waals surface area contributed by atoms with Crippen LogP contribution in [0.25, 0.3) is 0 Å². The van der Waals surface area contributed by atoms with E-state index in [-0.39, 0.29) is 23.5 Å². The molecule has 7 heteroatoms. The van der Waals surface area contributed by atoms with Crippen LogP contribution in [0.5, 0.6) is 5.75 Å². The molecule has 1 aromatic rings. The van der Waals surface area contributed by atoms with Crippen molar-refractivity contribution in [1.82, 2.24) is 10.9 Å². The van der Waals surface area contributed by atoms with E-state index in [0.717, 1.165) is 64.2 Å². The van der Waals surface area contributed by atoms with E-state index in [2.05, 4.69) is 23.1 Å². The Morgan fingerprint density at radius 1 is 0.465 bits per heavy atom. The lowest BCUT2D eigenvalue weighted by Crippen LogP contribution is -2.41. The molecule has 3 amide bonds. The number of phenolic OH excluding ortho intramolecular Hbond substituents is 1. The largest absolute Gasteiger partial charge is 0.508 e. The number of phenols is 1. The van der Waals surface area contributed by atoms with Gasteiger partial charge in [0.15, 0.2) is 0 Å².